The van der Waals surface area contributed by atoms with Gasteiger partial charge in [-0.3, -0.25) is 4.79 Å². The van der Waals surface area contributed by atoms with E-state index in [4.69, 9.17) is 11.6 Å². The Kier molecular flexibility index (Phi) is 2.60. The van der Waals surface area contributed by atoms with Crippen molar-refractivity contribution in [1.29, 1.82) is 0 Å². The third-order valence-corrected chi connectivity index (χ3v) is 3.03. The lowest BCUT2D eigenvalue weighted by atomic mass is 10.0. The summed E-state index contributed by atoms with van der Waals surface area (Å²) in [4.78, 5) is 11.7. The molecule has 1 nitrogen and oxygen atoms in total. The first-order valence-electron chi connectivity index (χ1n) is 5.05. The van der Waals surface area contributed by atoms with E-state index in [1.807, 2.05) is 25.1 Å². The Hall–Kier alpha value is -0.820. The minimum Gasteiger partial charge on any atom is -0.294 e. The van der Waals surface area contributed by atoms with Crippen LogP contribution in [0.25, 0.3) is 0 Å². The van der Waals surface area contributed by atoms with Crippen LogP contribution in [0.15, 0.2) is 18.2 Å². The van der Waals surface area contributed by atoms with Crippen molar-refractivity contribution in [2.75, 3.05) is 0 Å². The van der Waals surface area contributed by atoms with Crippen LogP contribution in [-0.4, -0.2) is 5.78 Å². The molecular formula is C12H13ClO. The zero-order chi connectivity index (χ0) is 10.1. The lowest BCUT2D eigenvalue weighted by Crippen LogP contribution is -2.01. The molecule has 0 amide bonds. The van der Waals surface area contributed by atoms with Gasteiger partial charge in [-0.15, -0.1) is 0 Å². The first-order valence-corrected chi connectivity index (χ1v) is 5.42. The molecule has 1 aromatic rings. The predicted molar refractivity (Wildman–Crippen MR) is 57.9 cm³/mol. The van der Waals surface area contributed by atoms with E-state index >= 15 is 0 Å². The number of carbonyl (C=O) groups excluding carboxylic acids is 1. The van der Waals surface area contributed by atoms with E-state index in [-0.39, 0.29) is 5.78 Å². The maximum absolute atomic E-state index is 11.7. The fourth-order valence-electron chi connectivity index (χ4n) is 1.58. The van der Waals surface area contributed by atoms with Crippen LogP contribution in [0.4, 0.5) is 0 Å². The van der Waals surface area contributed by atoms with Crippen LogP contribution < -0.4 is 0 Å². The van der Waals surface area contributed by atoms with Gasteiger partial charge < -0.3 is 0 Å². The average Bonchev–Trinajstić information content (AvgIpc) is 3.01. The van der Waals surface area contributed by atoms with E-state index in [9.17, 15) is 4.79 Å². The summed E-state index contributed by atoms with van der Waals surface area (Å²) < 4.78 is 0. The largest absolute Gasteiger partial charge is 0.294 e. The van der Waals surface area contributed by atoms with Gasteiger partial charge in [-0.1, -0.05) is 18.5 Å². The van der Waals surface area contributed by atoms with E-state index in [2.05, 4.69) is 0 Å². The van der Waals surface area contributed by atoms with E-state index < -0.39 is 0 Å². The topological polar surface area (TPSA) is 17.1 Å². The number of hydrogen-bond donors (Lipinski definition) is 0. The van der Waals surface area contributed by atoms with Crippen LogP contribution in [-0.2, 0) is 6.42 Å². The molecule has 2 rings (SSSR count). The number of aryl methyl sites for hydroxylation is 1. The number of halogens is 1. The fourth-order valence-corrected chi connectivity index (χ4v) is 1.83. The molecule has 0 heterocycles. The lowest BCUT2D eigenvalue weighted by molar-refractivity contribution is 0.0967. The molecule has 0 aromatic heterocycles. The predicted octanol–water partition coefficient (Wildman–Crippen LogP) is 3.50. The Morgan fingerprint density at radius 2 is 2.21 bits per heavy atom. The second-order valence-electron chi connectivity index (χ2n) is 3.80. The maximum Gasteiger partial charge on any atom is 0.165 e. The molecule has 0 N–H and O–H groups in total. The SMILES string of the molecule is CCc1cc(C(=O)C2CC2)ccc1Cl. The number of benzene rings is 1. The molecule has 1 fully saturated rings. The summed E-state index contributed by atoms with van der Waals surface area (Å²) in [7, 11) is 0. The summed E-state index contributed by atoms with van der Waals surface area (Å²) in [6.45, 7) is 2.05. The highest BCUT2D eigenvalue weighted by molar-refractivity contribution is 6.31. The highest BCUT2D eigenvalue weighted by Gasteiger charge is 2.30. The molecular weight excluding hydrogens is 196 g/mol. The Labute approximate surface area is 89.1 Å². The van der Waals surface area contributed by atoms with Crippen LogP contribution >= 0.6 is 11.6 Å². The molecule has 0 radical (unpaired) electrons. The molecule has 1 aliphatic carbocycles. The van der Waals surface area contributed by atoms with Gasteiger partial charge in [0.1, 0.15) is 0 Å². The van der Waals surface area contributed by atoms with E-state index in [1.165, 1.54) is 0 Å². The van der Waals surface area contributed by atoms with Gasteiger partial charge in [-0.05, 0) is 43.0 Å². The van der Waals surface area contributed by atoms with E-state index in [0.29, 0.717) is 5.92 Å². The first-order chi connectivity index (χ1) is 6.72. The van der Waals surface area contributed by atoms with Crippen LogP contribution in [0.1, 0.15) is 35.7 Å². The van der Waals surface area contributed by atoms with Gasteiger partial charge in [-0.25, -0.2) is 0 Å². The Bertz CT molecular complexity index is 367. The van der Waals surface area contributed by atoms with E-state index in [0.717, 1.165) is 35.4 Å². The van der Waals surface area contributed by atoms with Crippen LogP contribution in [0, 0.1) is 5.92 Å². The van der Waals surface area contributed by atoms with Crippen molar-refractivity contribution in [2.24, 2.45) is 5.92 Å². The minimum atomic E-state index is 0.288. The number of rotatable bonds is 3. The van der Waals surface area contributed by atoms with Crippen LogP contribution in [0.2, 0.25) is 5.02 Å². The highest BCUT2D eigenvalue weighted by atomic mass is 35.5. The molecule has 0 saturated heterocycles. The zero-order valence-electron chi connectivity index (χ0n) is 8.22. The Morgan fingerprint density at radius 3 is 2.79 bits per heavy atom. The molecule has 1 aromatic carbocycles. The van der Waals surface area contributed by atoms with Crippen molar-refractivity contribution in [3.63, 3.8) is 0 Å². The smallest absolute Gasteiger partial charge is 0.165 e. The molecule has 0 atom stereocenters. The van der Waals surface area contributed by atoms with Crippen molar-refractivity contribution in [1.82, 2.24) is 0 Å². The number of hydrogen-bond acceptors (Lipinski definition) is 1. The normalized spacial score (nSPS) is 15.6. The molecule has 0 aliphatic heterocycles. The standard InChI is InChI=1S/C12H13ClO/c1-2-8-7-10(5-6-11(8)13)12(14)9-3-4-9/h5-7,9H,2-4H2,1H3. The number of Topliss-reactive ketones (excluding diaryl/α,β-unsaturated/α-hetero) is 1. The summed E-state index contributed by atoms with van der Waals surface area (Å²) >= 11 is 5.98. The van der Waals surface area contributed by atoms with Crippen LogP contribution in [0.3, 0.4) is 0 Å². The molecule has 0 unspecified atom stereocenters. The second kappa shape index (κ2) is 3.74. The Balaban J connectivity index is 2.29. The van der Waals surface area contributed by atoms with Gasteiger partial charge in [0.2, 0.25) is 0 Å². The average molecular weight is 209 g/mol. The van der Waals surface area contributed by atoms with Gasteiger partial charge in [0.15, 0.2) is 5.78 Å². The third-order valence-electron chi connectivity index (χ3n) is 2.66. The van der Waals surface area contributed by atoms with Crippen molar-refractivity contribution in [3.8, 4) is 0 Å². The minimum absolute atomic E-state index is 0.288. The molecule has 1 saturated carbocycles. The first kappa shape index (κ1) is 9.72. The summed E-state index contributed by atoms with van der Waals surface area (Å²) in [5.41, 5.74) is 1.90. The monoisotopic (exact) mass is 208 g/mol. The zero-order valence-corrected chi connectivity index (χ0v) is 8.97. The summed E-state index contributed by atoms with van der Waals surface area (Å²) in [5, 5.41) is 0.764. The lowest BCUT2D eigenvalue weighted by Gasteiger charge is -2.04. The maximum atomic E-state index is 11.7. The summed E-state index contributed by atoms with van der Waals surface area (Å²) in [6.07, 6.45) is 3.00. The van der Waals surface area contributed by atoms with Crippen molar-refractivity contribution in [3.05, 3.63) is 34.3 Å². The molecule has 0 bridgehead atoms. The van der Waals surface area contributed by atoms with Crippen LogP contribution in [0.5, 0.6) is 0 Å². The summed E-state index contributed by atoms with van der Waals surface area (Å²) in [5.74, 6) is 0.581. The summed E-state index contributed by atoms with van der Waals surface area (Å²) in [6, 6.07) is 5.60. The van der Waals surface area contributed by atoms with Crippen molar-refractivity contribution in [2.45, 2.75) is 26.2 Å². The fraction of sp³-hybridized carbons (Fsp3) is 0.417. The van der Waals surface area contributed by atoms with Gasteiger partial charge in [-0.2, -0.15) is 0 Å². The quantitative estimate of drug-likeness (QED) is 0.695. The number of carbonyl (C=O) groups is 1. The molecule has 14 heavy (non-hydrogen) atoms. The molecule has 74 valence electrons. The third kappa shape index (κ3) is 1.83. The van der Waals surface area contributed by atoms with Gasteiger partial charge in [0.25, 0.3) is 0 Å². The molecule has 1 aliphatic rings. The van der Waals surface area contributed by atoms with E-state index in [1.54, 1.807) is 0 Å². The van der Waals surface area contributed by atoms with Gasteiger partial charge in [0.05, 0.1) is 0 Å². The highest BCUT2D eigenvalue weighted by Crippen LogP contribution is 2.33. The molecule has 2 heteroatoms. The number of ketones is 1. The van der Waals surface area contributed by atoms with Crippen molar-refractivity contribution >= 4 is 17.4 Å². The van der Waals surface area contributed by atoms with Gasteiger partial charge in [0, 0.05) is 16.5 Å². The second-order valence-corrected chi connectivity index (χ2v) is 4.21. The Morgan fingerprint density at radius 1 is 1.50 bits per heavy atom. The van der Waals surface area contributed by atoms with Crippen molar-refractivity contribution < 1.29 is 4.79 Å². The molecule has 0 spiro atoms. The van der Waals surface area contributed by atoms with Gasteiger partial charge >= 0.3 is 0 Å².